The normalized spacial score (nSPS) is 14.1. The van der Waals surface area contributed by atoms with Gasteiger partial charge in [-0.2, -0.15) is 0 Å². The number of ether oxygens (including phenoxy) is 1. The van der Waals surface area contributed by atoms with Gasteiger partial charge in [-0.05, 0) is 24.2 Å². The maximum Gasteiger partial charge on any atom is 0.295 e. The van der Waals surface area contributed by atoms with E-state index in [4.69, 9.17) is 16.2 Å². The molecule has 0 atom stereocenters. The Hall–Kier alpha value is -1.68. The third-order valence-corrected chi connectivity index (χ3v) is 3.93. The van der Waals surface area contributed by atoms with Gasteiger partial charge in [-0.15, -0.1) is 15.3 Å². The third kappa shape index (κ3) is 3.89. The van der Waals surface area contributed by atoms with Crippen LogP contribution in [0.25, 0.3) is 0 Å². The molecule has 0 unspecified atom stereocenters. The van der Waals surface area contributed by atoms with Crippen molar-refractivity contribution in [3.8, 4) is 5.19 Å². The van der Waals surface area contributed by atoms with Crippen molar-refractivity contribution in [1.29, 1.82) is 0 Å². The molecule has 8 nitrogen and oxygen atoms in total. The van der Waals surface area contributed by atoms with Crippen molar-refractivity contribution in [2.24, 2.45) is 0 Å². The molecule has 0 saturated carbocycles. The number of rotatable bonds is 2. The predicted molar refractivity (Wildman–Crippen MR) is 76.6 cm³/mol. The molecule has 104 valence electrons. The van der Waals surface area contributed by atoms with E-state index in [2.05, 4.69) is 25.3 Å². The Labute approximate surface area is 118 Å². The molecular formula is C9H15N7OS2. The van der Waals surface area contributed by atoms with Crippen molar-refractivity contribution in [2.45, 2.75) is 12.8 Å². The molecule has 3 rings (SSSR count). The zero-order valence-electron chi connectivity index (χ0n) is 10.4. The highest BCUT2D eigenvalue weighted by molar-refractivity contribution is 7.18. The Morgan fingerprint density at radius 1 is 1.00 bits per heavy atom. The van der Waals surface area contributed by atoms with Crippen LogP contribution < -0.4 is 21.1 Å². The first-order valence-corrected chi connectivity index (χ1v) is 7.29. The van der Waals surface area contributed by atoms with E-state index in [1.807, 2.05) is 0 Å². The lowest BCUT2D eigenvalue weighted by Gasteiger charge is -2.10. The van der Waals surface area contributed by atoms with Crippen LogP contribution in [-0.2, 0) is 0 Å². The summed E-state index contributed by atoms with van der Waals surface area (Å²) in [4.78, 5) is 2.23. The number of nitrogens with two attached hydrogens (primary N) is 2. The average molecular weight is 301 g/mol. The van der Waals surface area contributed by atoms with Crippen LogP contribution in [0, 0.1) is 0 Å². The number of hydrogen-bond acceptors (Lipinski definition) is 10. The summed E-state index contributed by atoms with van der Waals surface area (Å²) in [5.74, 6) is 0. The Bertz CT molecular complexity index is 508. The fourth-order valence-corrected chi connectivity index (χ4v) is 2.65. The largest absolute Gasteiger partial charge is 0.472 e. The molecule has 0 amide bonds. The molecule has 0 bridgehead atoms. The fraction of sp³-hybridized carbons (Fsp3) is 0.556. The van der Waals surface area contributed by atoms with Gasteiger partial charge in [0, 0.05) is 13.1 Å². The van der Waals surface area contributed by atoms with Gasteiger partial charge < -0.3 is 21.1 Å². The van der Waals surface area contributed by atoms with Gasteiger partial charge in [-0.3, -0.25) is 0 Å². The second kappa shape index (κ2) is 6.48. The van der Waals surface area contributed by atoms with Gasteiger partial charge in [0.05, 0.1) is 7.11 Å². The number of anilines is 3. The lowest BCUT2D eigenvalue weighted by molar-refractivity contribution is 0.407. The molecule has 0 radical (unpaired) electrons. The molecule has 0 spiro atoms. The minimum absolute atomic E-state index is 0.432. The smallest absolute Gasteiger partial charge is 0.295 e. The number of methoxy groups -OCH3 is 1. The van der Waals surface area contributed by atoms with Crippen molar-refractivity contribution in [1.82, 2.24) is 20.4 Å². The van der Waals surface area contributed by atoms with Crippen molar-refractivity contribution >= 4 is 38.1 Å². The highest BCUT2D eigenvalue weighted by atomic mass is 32.1. The van der Waals surface area contributed by atoms with Crippen LogP contribution in [0.4, 0.5) is 15.4 Å². The van der Waals surface area contributed by atoms with E-state index >= 15 is 0 Å². The lowest BCUT2D eigenvalue weighted by Crippen LogP contribution is -2.17. The summed E-state index contributed by atoms with van der Waals surface area (Å²) >= 11 is 2.69. The first kappa shape index (κ1) is 13.7. The van der Waals surface area contributed by atoms with Gasteiger partial charge in [-0.25, -0.2) is 0 Å². The summed E-state index contributed by atoms with van der Waals surface area (Å²) in [6, 6.07) is 0. The monoisotopic (exact) mass is 301 g/mol. The molecule has 2 aromatic heterocycles. The molecule has 1 aliphatic heterocycles. The second-order valence-electron chi connectivity index (χ2n) is 3.73. The van der Waals surface area contributed by atoms with Crippen LogP contribution in [0.5, 0.6) is 5.19 Å². The summed E-state index contributed by atoms with van der Waals surface area (Å²) in [5, 5.41) is 17.3. The fourth-order valence-electron chi connectivity index (χ4n) is 1.57. The Balaban J connectivity index is 0.000000148. The molecule has 1 fully saturated rings. The Morgan fingerprint density at radius 3 is 2.05 bits per heavy atom. The highest BCUT2D eigenvalue weighted by Crippen LogP contribution is 2.24. The van der Waals surface area contributed by atoms with Gasteiger partial charge in [0.1, 0.15) is 0 Å². The van der Waals surface area contributed by atoms with Crippen LogP contribution in [0.15, 0.2) is 0 Å². The summed E-state index contributed by atoms with van der Waals surface area (Å²) in [6.07, 6.45) is 2.53. The first-order chi connectivity index (χ1) is 9.19. The van der Waals surface area contributed by atoms with Crippen LogP contribution in [0.2, 0.25) is 0 Å². The van der Waals surface area contributed by atoms with Crippen molar-refractivity contribution in [2.75, 3.05) is 36.6 Å². The zero-order chi connectivity index (χ0) is 13.7. The molecule has 19 heavy (non-hydrogen) atoms. The van der Waals surface area contributed by atoms with E-state index in [-0.39, 0.29) is 0 Å². The summed E-state index contributed by atoms with van der Waals surface area (Å²) in [5.41, 5.74) is 10.7. The molecule has 3 heterocycles. The van der Waals surface area contributed by atoms with E-state index in [9.17, 15) is 0 Å². The summed E-state index contributed by atoms with van der Waals surface area (Å²) < 4.78 is 4.70. The summed E-state index contributed by atoms with van der Waals surface area (Å²) in [6.45, 7) is 2.21. The van der Waals surface area contributed by atoms with Gasteiger partial charge in [0.2, 0.25) is 15.4 Å². The standard InChI is InChI=1S/C6H10N4S.C3H5N3OS/c7-5-8-9-6(11-5)10-3-1-2-4-10;1-7-3-6-5-2(4)8-3/h1-4H2,(H2,7,8);1H3,(H2,4,5). The number of hydrogen-bond donors (Lipinski definition) is 2. The van der Waals surface area contributed by atoms with E-state index < -0.39 is 0 Å². The van der Waals surface area contributed by atoms with Gasteiger partial charge in [0.15, 0.2) is 0 Å². The maximum atomic E-state index is 5.46. The molecule has 10 heteroatoms. The van der Waals surface area contributed by atoms with E-state index in [1.54, 1.807) is 0 Å². The van der Waals surface area contributed by atoms with Gasteiger partial charge in [-0.1, -0.05) is 16.4 Å². The van der Waals surface area contributed by atoms with E-state index in [1.165, 1.54) is 42.6 Å². The minimum atomic E-state index is 0.432. The first-order valence-electron chi connectivity index (χ1n) is 5.66. The van der Waals surface area contributed by atoms with Gasteiger partial charge >= 0.3 is 0 Å². The van der Waals surface area contributed by atoms with Crippen molar-refractivity contribution < 1.29 is 4.74 Å². The predicted octanol–water partition coefficient (Wildman–Crippen LogP) is 0.849. The number of nitrogen functional groups attached to an aromatic ring is 2. The molecule has 2 aromatic rings. The lowest BCUT2D eigenvalue weighted by atomic mass is 10.4. The molecule has 0 aliphatic carbocycles. The van der Waals surface area contributed by atoms with Crippen LogP contribution in [0.3, 0.4) is 0 Å². The maximum absolute atomic E-state index is 5.46. The molecule has 4 N–H and O–H groups in total. The molecule has 1 saturated heterocycles. The molecule has 0 aromatic carbocycles. The number of nitrogens with zero attached hydrogens (tertiary/aromatic N) is 5. The molecule has 1 aliphatic rings. The van der Waals surface area contributed by atoms with Crippen LogP contribution in [0.1, 0.15) is 12.8 Å². The topological polar surface area (TPSA) is 116 Å². The van der Waals surface area contributed by atoms with Crippen molar-refractivity contribution in [3.05, 3.63) is 0 Å². The quantitative estimate of drug-likeness (QED) is 0.838. The average Bonchev–Trinajstić information content (AvgIpc) is 3.10. The van der Waals surface area contributed by atoms with E-state index in [0.29, 0.717) is 15.5 Å². The third-order valence-electron chi connectivity index (χ3n) is 2.40. The minimum Gasteiger partial charge on any atom is -0.472 e. The zero-order valence-corrected chi connectivity index (χ0v) is 12.1. The van der Waals surface area contributed by atoms with Gasteiger partial charge in [0.25, 0.3) is 5.19 Å². The van der Waals surface area contributed by atoms with E-state index in [0.717, 1.165) is 18.2 Å². The Kier molecular flexibility index (Phi) is 4.68. The highest BCUT2D eigenvalue weighted by Gasteiger charge is 2.15. The van der Waals surface area contributed by atoms with Crippen LogP contribution >= 0.6 is 22.7 Å². The SMILES string of the molecule is COc1nnc(N)s1.Nc1nnc(N2CCCC2)s1. The van der Waals surface area contributed by atoms with Crippen molar-refractivity contribution in [3.63, 3.8) is 0 Å². The molecular weight excluding hydrogens is 286 g/mol. The number of aromatic nitrogens is 4. The van der Waals surface area contributed by atoms with Crippen LogP contribution in [-0.4, -0.2) is 40.6 Å². The Morgan fingerprint density at radius 2 is 1.63 bits per heavy atom. The second-order valence-corrected chi connectivity index (χ2v) is 5.69. The summed E-state index contributed by atoms with van der Waals surface area (Å²) in [7, 11) is 1.53.